The zero-order valence-corrected chi connectivity index (χ0v) is 10.9. The molecule has 0 aromatic heterocycles. The maximum absolute atomic E-state index is 12.1. The molecule has 2 nitrogen and oxygen atoms in total. The van der Waals surface area contributed by atoms with Crippen LogP contribution >= 0.6 is 0 Å². The third-order valence-electron chi connectivity index (χ3n) is 3.84. The number of piperidine rings is 1. The van der Waals surface area contributed by atoms with Gasteiger partial charge in [0, 0.05) is 12.1 Å². The van der Waals surface area contributed by atoms with Crippen molar-refractivity contribution in [2.45, 2.75) is 44.1 Å². The standard InChI is InChI=1S/C15H16F3NO/c16-15(17,18)20-14-6-4-10(5-7-14)11-8-12-2-1-3-13(9-11)19-12/h4-8,12-13,19H,1-3,9H2. The predicted octanol–water partition coefficient (Wildman–Crippen LogP) is 3.88. The summed E-state index contributed by atoms with van der Waals surface area (Å²) in [4.78, 5) is 0. The van der Waals surface area contributed by atoms with Gasteiger partial charge in [-0.3, -0.25) is 0 Å². The lowest BCUT2D eigenvalue weighted by atomic mass is 9.85. The zero-order valence-electron chi connectivity index (χ0n) is 10.9. The summed E-state index contributed by atoms with van der Waals surface area (Å²) in [5.74, 6) is -0.170. The summed E-state index contributed by atoms with van der Waals surface area (Å²) < 4.78 is 40.2. The van der Waals surface area contributed by atoms with E-state index in [9.17, 15) is 13.2 Å². The Labute approximate surface area is 115 Å². The van der Waals surface area contributed by atoms with Gasteiger partial charge in [0.05, 0.1) is 0 Å². The summed E-state index contributed by atoms with van der Waals surface area (Å²) in [6.07, 6.45) is 2.06. The Kier molecular flexibility index (Phi) is 3.46. The molecule has 2 bridgehead atoms. The van der Waals surface area contributed by atoms with Gasteiger partial charge in [-0.15, -0.1) is 13.2 Å². The average molecular weight is 283 g/mol. The largest absolute Gasteiger partial charge is 0.573 e. The molecular weight excluding hydrogens is 267 g/mol. The summed E-state index contributed by atoms with van der Waals surface area (Å²) in [6.45, 7) is 0. The van der Waals surface area contributed by atoms with Crippen molar-refractivity contribution in [3.63, 3.8) is 0 Å². The van der Waals surface area contributed by atoms with E-state index in [2.05, 4.69) is 16.1 Å². The van der Waals surface area contributed by atoms with E-state index in [4.69, 9.17) is 0 Å². The van der Waals surface area contributed by atoms with E-state index in [0.29, 0.717) is 12.1 Å². The van der Waals surface area contributed by atoms with E-state index in [0.717, 1.165) is 18.4 Å². The van der Waals surface area contributed by atoms with Gasteiger partial charge in [-0.2, -0.15) is 0 Å². The average Bonchev–Trinajstić information content (AvgIpc) is 2.37. The normalized spacial score (nSPS) is 26.1. The Bertz CT molecular complexity index is 507. The zero-order chi connectivity index (χ0) is 14.2. The van der Waals surface area contributed by atoms with E-state index < -0.39 is 6.36 Å². The lowest BCUT2D eigenvalue weighted by Gasteiger charge is -2.35. The Morgan fingerprint density at radius 1 is 1.10 bits per heavy atom. The van der Waals surface area contributed by atoms with E-state index in [-0.39, 0.29) is 5.75 Å². The van der Waals surface area contributed by atoms with Crippen LogP contribution in [0.25, 0.3) is 5.57 Å². The lowest BCUT2D eigenvalue weighted by Crippen LogP contribution is -2.44. The predicted molar refractivity (Wildman–Crippen MR) is 70.3 cm³/mol. The first-order chi connectivity index (χ1) is 9.49. The molecule has 0 saturated carbocycles. The highest BCUT2D eigenvalue weighted by molar-refractivity contribution is 5.68. The molecule has 2 atom stereocenters. The highest BCUT2D eigenvalue weighted by Gasteiger charge is 2.31. The highest BCUT2D eigenvalue weighted by Crippen LogP contribution is 2.32. The van der Waals surface area contributed by atoms with Gasteiger partial charge < -0.3 is 10.1 Å². The minimum Gasteiger partial charge on any atom is -0.406 e. The SMILES string of the molecule is FC(F)(F)Oc1ccc(C2=CC3CCCC(C2)N3)cc1. The first-order valence-electron chi connectivity index (χ1n) is 6.82. The molecule has 1 saturated heterocycles. The molecule has 1 N–H and O–H groups in total. The molecule has 0 amide bonds. The van der Waals surface area contributed by atoms with Gasteiger partial charge in [-0.25, -0.2) is 0 Å². The first-order valence-corrected chi connectivity index (χ1v) is 6.82. The van der Waals surface area contributed by atoms with Crippen molar-refractivity contribution in [3.8, 4) is 5.75 Å². The quantitative estimate of drug-likeness (QED) is 0.889. The van der Waals surface area contributed by atoms with Crippen LogP contribution in [0.4, 0.5) is 13.2 Å². The fourth-order valence-corrected chi connectivity index (χ4v) is 3.01. The smallest absolute Gasteiger partial charge is 0.406 e. The molecule has 2 unspecified atom stereocenters. The number of rotatable bonds is 2. The van der Waals surface area contributed by atoms with Crippen molar-refractivity contribution < 1.29 is 17.9 Å². The van der Waals surface area contributed by atoms with Crippen LogP contribution in [0, 0.1) is 0 Å². The second-order valence-electron chi connectivity index (χ2n) is 5.37. The minimum absolute atomic E-state index is 0.170. The molecule has 0 spiro atoms. The molecular formula is C15H16F3NO. The summed E-state index contributed by atoms with van der Waals surface area (Å²) >= 11 is 0. The van der Waals surface area contributed by atoms with Crippen molar-refractivity contribution in [2.75, 3.05) is 0 Å². The molecule has 1 fully saturated rings. The van der Waals surface area contributed by atoms with Gasteiger partial charge in [0.25, 0.3) is 0 Å². The second kappa shape index (κ2) is 5.13. The highest BCUT2D eigenvalue weighted by atomic mass is 19.4. The Morgan fingerprint density at radius 3 is 2.50 bits per heavy atom. The Morgan fingerprint density at radius 2 is 1.85 bits per heavy atom. The molecule has 0 radical (unpaired) electrons. The van der Waals surface area contributed by atoms with E-state index in [1.54, 1.807) is 12.1 Å². The van der Waals surface area contributed by atoms with Gasteiger partial charge >= 0.3 is 6.36 Å². The first kappa shape index (κ1) is 13.5. The van der Waals surface area contributed by atoms with Gasteiger partial charge in [-0.05, 0) is 42.5 Å². The van der Waals surface area contributed by atoms with E-state index >= 15 is 0 Å². The number of ether oxygens (including phenoxy) is 1. The van der Waals surface area contributed by atoms with Gasteiger partial charge in [0.15, 0.2) is 0 Å². The van der Waals surface area contributed by atoms with Crippen LogP contribution in [0.1, 0.15) is 31.2 Å². The van der Waals surface area contributed by atoms with E-state index in [1.807, 2.05) is 0 Å². The lowest BCUT2D eigenvalue weighted by molar-refractivity contribution is -0.274. The van der Waals surface area contributed by atoms with Crippen LogP contribution < -0.4 is 10.1 Å². The molecule has 2 aliphatic heterocycles. The number of nitrogens with one attached hydrogen (secondary N) is 1. The molecule has 20 heavy (non-hydrogen) atoms. The van der Waals surface area contributed by atoms with Crippen LogP contribution in [0.3, 0.4) is 0 Å². The minimum atomic E-state index is -4.63. The Balaban J connectivity index is 1.76. The topological polar surface area (TPSA) is 21.3 Å². The number of benzene rings is 1. The van der Waals surface area contributed by atoms with Crippen molar-refractivity contribution in [2.24, 2.45) is 0 Å². The number of hydrogen-bond acceptors (Lipinski definition) is 2. The van der Waals surface area contributed by atoms with Crippen LogP contribution in [0.5, 0.6) is 5.75 Å². The summed E-state index contributed by atoms with van der Waals surface area (Å²) in [5.41, 5.74) is 2.20. The fraction of sp³-hybridized carbons (Fsp3) is 0.467. The molecule has 0 aliphatic carbocycles. The summed E-state index contributed by atoms with van der Waals surface area (Å²) in [5, 5.41) is 3.55. The van der Waals surface area contributed by atoms with Crippen molar-refractivity contribution >= 4 is 5.57 Å². The van der Waals surface area contributed by atoms with Gasteiger partial charge in [0.2, 0.25) is 0 Å². The fourth-order valence-electron chi connectivity index (χ4n) is 3.01. The molecule has 5 heteroatoms. The van der Waals surface area contributed by atoms with Crippen LogP contribution in [0.2, 0.25) is 0 Å². The van der Waals surface area contributed by atoms with E-state index in [1.165, 1.54) is 30.5 Å². The summed E-state index contributed by atoms with van der Waals surface area (Å²) in [7, 11) is 0. The second-order valence-corrected chi connectivity index (χ2v) is 5.37. The van der Waals surface area contributed by atoms with Crippen LogP contribution in [-0.4, -0.2) is 18.4 Å². The number of alkyl halides is 3. The molecule has 2 heterocycles. The number of hydrogen-bond donors (Lipinski definition) is 1. The summed E-state index contributed by atoms with van der Waals surface area (Å²) in [6, 6.07) is 7.06. The number of fused-ring (bicyclic) bond motifs is 2. The third-order valence-corrected chi connectivity index (χ3v) is 3.84. The number of halogens is 3. The molecule has 1 aromatic carbocycles. The third kappa shape index (κ3) is 3.15. The Hall–Kier alpha value is -1.49. The molecule has 108 valence electrons. The van der Waals surface area contributed by atoms with Crippen molar-refractivity contribution in [1.29, 1.82) is 0 Å². The van der Waals surface area contributed by atoms with Gasteiger partial charge in [0.1, 0.15) is 5.75 Å². The van der Waals surface area contributed by atoms with Crippen molar-refractivity contribution in [1.82, 2.24) is 5.32 Å². The van der Waals surface area contributed by atoms with Crippen molar-refractivity contribution in [3.05, 3.63) is 35.9 Å². The molecule has 1 aromatic rings. The monoisotopic (exact) mass is 283 g/mol. The molecule has 3 rings (SSSR count). The maximum Gasteiger partial charge on any atom is 0.573 e. The molecule has 2 aliphatic rings. The van der Waals surface area contributed by atoms with Crippen LogP contribution in [-0.2, 0) is 0 Å². The van der Waals surface area contributed by atoms with Crippen LogP contribution in [0.15, 0.2) is 30.3 Å². The maximum atomic E-state index is 12.1. The van der Waals surface area contributed by atoms with Gasteiger partial charge in [-0.1, -0.05) is 24.6 Å².